The summed E-state index contributed by atoms with van der Waals surface area (Å²) in [5.41, 5.74) is 8.10. The van der Waals surface area contributed by atoms with Crippen LogP contribution in [0.4, 0.5) is 0 Å². The fraction of sp³-hybridized carbons (Fsp3) is 0.600. The Labute approximate surface area is 93.5 Å². The summed E-state index contributed by atoms with van der Waals surface area (Å²) in [5, 5.41) is 0. The highest BCUT2D eigenvalue weighted by molar-refractivity contribution is 7.09. The number of rotatable bonds is 3. The number of carbonyl (C=O) groups excluding carboxylic acids is 1. The molecule has 84 valence electrons. The van der Waals surface area contributed by atoms with E-state index in [2.05, 4.69) is 9.72 Å². The first-order valence-corrected chi connectivity index (χ1v) is 5.53. The maximum Gasteiger partial charge on any atom is 0.323 e. The summed E-state index contributed by atoms with van der Waals surface area (Å²) >= 11 is 1.51. The largest absolute Gasteiger partial charge is 0.468 e. The number of aromatic nitrogens is 1. The maximum absolute atomic E-state index is 11.4. The van der Waals surface area contributed by atoms with Crippen LogP contribution in [0.5, 0.6) is 0 Å². The smallest absolute Gasteiger partial charge is 0.323 e. The first-order valence-electron chi connectivity index (χ1n) is 4.65. The summed E-state index contributed by atoms with van der Waals surface area (Å²) in [6, 6.07) is -0.665. The lowest BCUT2D eigenvalue weighted by atomic mass is 9.82. The predicted molar refractivity (Wildman–Crippen MR) is 59.9 cm³/mol. The molecule has 1 rings (SSSR count). The molecule has 0 spiro atoms. The summed E-state index contributed by atoms with van der Waals surface area (Å²) in [5.74, 6) is -0.396. The monoisotopic (exact) mass is 228 g/mol. The lowest BCUT2D eigenvalue weighted by Crippen LogP contribution is -2.47. The molecule has 2 N–H and O–H groups in total. The number of hydrogen-bond acceptors (Lipinski definition) is 5. The van der Waals surface area contributed by atoms with E-state index in [1.807, 2.05) is 20.8 Å². The van der Waals surface area contributed by atoms with E-state index < -0.39 is 17.4 Å². The first kappa shape index (κ1) is 12.1. The maximum atomic E-state index is 11.4. The van der Waals surface area contributed by atoms with Gasteiger partial charge < -0.3 is 10.5 Å². The van der Waals surface area contributed by atoms with Crippen molar-refractivity contribution in [2.45, 2.75) is 32.2 Å². The fourth-order valence-electron chi connectivity index (χ4n) is 1.48. The van der Waals surface area contributed by atoms with E-state index in [0.717, 1.165) is 10.6 Å². The zero-order chi connectivity index (χ0) is 11.6. The molecule has 1 atom stereocenters. The van der Waals surface area contributed by atoms with Crippen molar-refractivity contribution in [1.29, 1.82) is 0 Å². The van der Waals surface area contributed by atoms with Gasteiger partial charge in [0, 0.05) is 10.3 Å². The molecule has 0 saturated carbocycles. The molecule has 0 bridgehead atoms. The van der Waals surface area contributed by atoms with Crippen molar-refractivity contribution >= 4 is 17.3 Å². The molecule has 0 fully saturated rings. The molecule has 0 saturated heterocycles. The second-order valence-electron chi connectivity index (χ2n) is 3.99. The first-order chi connectivity index (χ1) is 6.91. The van der Waals surface area contributed by atoms with Crippen molar-refractivity contribution in [3.05, 3.63) is 16.1 Å². The van der Waals surface area contributed by atoms with Gasteiger partial charge in [-0.25, -0.2) is 4.98 Å². The highest BCUT2D eigenvalue weighted by Crippen LogP contribution is 2.32. The van der Waals surface area contributed by atoms with Crippen LogP contribution in [0.2, 0.25) is 0 Å². The Morgan fingerprint density at radius 2 is 2.27 bits per heavy atom. The molecule has 0 aliphatic carbocycles. The van der Waals surface area contributed by atoms with E-state index in [-0.39, 0.29) is 0 Å². The third-order valence-corrected chi connectivity index (χ3v) is 3.83. The third-order valence-electron chi connectivity index (χ3n) is 2.56. The summed E-state index contributed by atoms with van der Waals surface area (Å²) in [4.78, 5) is 16.6. The second-order valence-corrected chi connectivity index (χ2v) is 4.84. The van der Waals surface area contributed by atoms with Gasteiger partial charge in [0.2, 0.25) is 0 Å². The van der Waals surface area contributed by atoms with E-state index in [1.165, 1.54) is 18.4 Å². The van der Waals surface area contributed by atoms with E-state index in [0.29, 0.717) is 0 Å². The van der Waals surface area contributed by atoms with E-state index in [1.54, 1.807) is 5.51 Å². The number of nitrogens with zero attached hydrogens (tertiary/aromatic N) is 1. The molecule has 0 aromatic carbocycles. The minimum atomic E-state index is -0.665. The zero-order valence-corrected chi connectivity index (χ0v) is 10.2. The third kappa shape index (κ3) is 2.18. The molecule has 0 amide bonds. The molecule has 0 radical (unpaired) electrons. The van der Waals surface area contributed by atoms with Gasteiger partial charge in [0.15, 0.2) is 0 Å². The molecule has 1 aromatic heterocycles. The normalized spacial score (nSPS) is 13.7. The van der Waals surface area contributed by atoms with Crippen LogP contribution in [-0.2, 0) is 14.9 Å². The van der Waals surface area contributed by atoms with Crippen LogP contribution in [0.3, 0.4) is 0 Å². The van der Waals surface area contributed by atoms with Crippen molar-refractivity contribution in [2.24, 2.45) is 5.73 Å². The summed E-state index contributed by atoms with van der Waals surface area (Å²) in [6.45, 7) is 5.77. The van der Waals surface area contributed by atoms with E-state index in [4.69, 9.17) is 5.73 Å². The number of nitrogens with two attached hydrogens (primary N) is 1. The Morgan fingerprint density at radius 3 is 2.67 bits per heavy atom. The molecule has 15 heavy (non-hydrogen) atoms. The van der Waals surface area contributed by atoms with Gasteiger partial charge >= 0.3 is 5.97 Å². The predicted octanol–water partition coefficient (Wildman–Crippen LogP) is 1.23. The SMILES string of the molecule is COC(=O)C(N)C(C)(C)c1scnc1C. The number of esters is 1. The highest BCUT2D eigenvalue weighted by atomic mass is 32.1. The summed E-state index contributed by atoms with van der Waals surface area (Å²) in [7, 11) is 1.35. The lowest BCUT2D eigenvalue weighted by Gasteiger charge is -2.28. The molecule has 4 nitrogen and oxygen atoms in total. The molecule has 1 unspecified atom stereocenters. The zero-order valence-electron chi connectivity index (χ0n) is 9.40. The number of methoxy groups -OCH3 is 1. The highest BCUT2D eigenvalue weighted by Gasteiger charge is 2.36. The average Bonchev–Trinajstić information content (AvgIpc) is 2.62. The number of aryl methyl sites for hydroxylation is 1. The topological polar surface area (TPSA) is 65.2 Å². The molecular weight excluding hydrogens is 212 g/mol. The number of thiazole rings is 1. The number of ether oxygens (including phenoxy) is 1. The van der Waals surface area contributed by atoms with E-state index in [9.17, 15) is 4.79 Å². The Balaban J connectivity index is 3.02. The second kappa shape index (κ2) is 4.28. The number of hydrogen-bond donors (Lipinski definition) is 1. The molecule has 0 aliphatic heterocycles. The Hall–Kier alpha value is -0.940. The molecule has 1 aromatic rings. The van der Waals surface area contributed by atoms with Crippen molar-refractivity contribution in [3.63, 3.8) is 0 Å². The van der Waals surface area contributed by atoms with Gasteiger partial charge in [-0.15, -0.1) is 11.3 Å². The van der Waals surface area contributed by atoms with E-state index >= 15 is 0 Å². The van der Waals surface area contributed by atoms with Gasteiger partial charge in [0.25, 0.3) is 0 Å². The Morgan fingerprint density at radius 1 is 1.67 bits per heavy atom. The minimum absolute atomic E-state index is 0.396. The Kier molecular flexibility index (Phi) is 3.46. The van der Waals surface area contributed by atoms with Crippen LogP contribution in [0.15, 0.2) is 5.51 Å². The van der Waals surface area contributed by atoms with Crippen LogP contribution in [-0.4, -0.2) is 24.1 Å². The van der Waals surface area contributed by atoms with Gasteiger partial charge in [-0.1, -0.05) is 13.8 Å². The van der Waals surface area contributed by atoms with Crippen LogP contribution < -0.4 is 5.73 Å². The van der Waals surface area contributed by atoms with Crippen molar-refractivity contribution < 1.29 is 9.53 Å². The standard InChI is InChI=1S/C10H16N2O2S/c1-6-8(15-5-12-6)10(2,3)7(11)9(13)14-4/h5,7H,11H2,1-4H3. The van der Waals surface area contributed by atoms with Gasteiger partial charge in [0.1, 0.15) is 6.04 Å². The molecule has 5 heteroatoms. The molecule has 0 aliphatic rings. The quantitative estimate of drug-likeness (QED) is 0.790. The van der Waals surface area contributed by atoms with Crippen LogP contribution in [0.25, 0.3) is 0 Å². The Bertz CT molecular complexity index is 360. The van der Waals surface area contributed by atoms with Crippen molar-refractivity contribution in [2.75, 3.05) is 7.11 Å². The molecular formula is C10H16N2O2S. The van der Waals surface area contributed by atoms with Gasteiger partial charge in [0.05, 0.1) is 18.3 Å². The van der Waals surface area contributed by atoms with Crippen LogP contribution in [0.1, 0.15) is 24.4 Å². The van der Waals surface area contributed by atoms with Gasteiger partial charge in [-0.3, -0.25) is 4.79 Å². The van der Waals surface area contributed by atoms with Crippen LogP contribution in [0, 0.1) is 6.92 Å². The number of carbonyl (C=O) groups is 1. The van der Waals surface area contributed by atoms with Gasteiger partial charge in [-0.05, 0) is 6.92 Å². The minimum Gasteiger partial charge on any atom is -0.468 e. The van der Waals surface area contributed by atoms with Crippen molar-refractivity contribution in [3.8, 4) is 0 Å². The fourth-order valence-corrected chi connectivity index (χ4v) is 2.45. The van der Waals surface area contributed by atoms with Crippen molar-refractivity contribution in [1.82, 2.24) is 4.98 Å². The van der Waals surface area contributed by atoms with Gasteiger partial charge in [-0.2, -0.15) is 0 Å². The molecule has 1 heterocycles. The lowest BCUT2D eigenvalue weighted by molar-refractivity contribution is -0.143. The van der Waals surface area contributed by atoms with Crippen LogP contribution >= 0.6 is 11.3 Å². The summed E-state index contributed by atoms with van der Waals surface area (Å²) < 4.78 is 4.66. The summed E-state index contributed by atoms with van der Waals surface area (Å²) in [6.07, 6.45) is 0. The average molecular weight is 228 g/mol.